The lowest BCUT2D eigenvalue weighted by atomic mass is 10.0. The quantitative estimate of drug-likeness (QED) is 0.156. The van der Waals surface area contributed by atoms with Crippen LogP contribution in [0.3, 0.4) is 0 Å². The van der Waals surface area contributed by atoms with Crippen molar-refractivity contribution >= 4 is 10.0 Å². The molecular formula is C36H40N4O3S. The molecule has 0 aliphatic rings. The maximum absolute atomic E-state index is 11.9. The number of phenolic OH excluding ortho intramolecular Hbond substituents is 1. The van der Waals surface area contributed by atoms with Crippen molar-refractivity contribution < 1.29 is 13.5 Å². The summed E-state index contributed by atoms with van der Waals surface area (Å²) in [6, 6.07) is 31.5. The van der Waals surface area contributed by atoms with Crippen LogP contribution in [0.15, 0.2) is 102 Å². The molecule has 1 heterocycles. The lowest BCUT2D eigenvalue weighted by Crippen LogP contribution is -2.25. The highest BCUT2D eigenvalue weighted by atomic mass is 32.2. The highest BCUT2D eigenvalue weighted by Gasteiger charge is 2.22. The third kappa shape index (κ3) is 7.27. The predicted octanol–water partition coefficient (Wildman–Crippen LogP) is 7.19. The van der Waals surface area contributed by atoms with Gasteiger partial charge in [-0.05, 0) is 54.7 Å². The van der Waals surface area contributed by atoms with Gasteiger partial charge in [-0.2, -0.15) is 0 Å². The Morgan fingerprint density at radius 2 is 1.36 bits per heavy atom. The van der Waals surface area contributed by atoms with Crippen molar-refractivity contribution in [2.24, 2.45) is 5.14 Å². The van der Waals surface area contributed by atoms with Gasteiger partial charge in [-0.25, -0.2) is 18.5 Å². The van der Waals surface area contributed by atoms with E-state index in [0.29, 0.717) is 25.4 Å². The second-order valence-corrected chi connectivity index (χ2v) is 12.9. The van der Waals surface area contributed by atoms with E-state index in [-0.39, 0.29) is 4.90 Å². The number of sulfonamides is 1. The molecule has 0 bridgehead atoms. The lowest BCUT2D eigenvalue weighted by molar-refractivity contribution is 0.241. The molecule has 4 aromatic carbocycles. The van der Waals surface area contributed by atoms with Gasteiger partial charge < -0.3 is 9.67 Å². The molecule has 0 fully saturated rings. The first-order valence-corrected chi connectivity index (χ1v) is 16.5. The van der Waals surface area contributed by atoms with Gasteiger partial charge in [0.15, 0.2) is 0 Å². The Morgan fingerprint density at radius 1 is 0.795 bits per heavy atom. The molecule has 0 saturated carbocycles. The molecule has 1 aromatic heterocycles. The minimum absolute atomic E-state index is 0.0918. The van der Waals surface area contributed by atoms with E-state index in [2.05, 4.69) is 40.7 Å². The lowest BCUT2D eigenvalue weighted by Gasteiger charge is -2.25. The van der Waals surface area contributed by atoms with Gasteiger partial charge in [-0.1, -0.05) is 98.3 Å². The zero-order valence-corrected chi connectivity index (χ0v) is 26.4. The molecule has 5 rings (SSSR count). The van der Waals surface area contributed by atoms with Crippen LogP contribution in [0.5, 0.6) is 5.75 Å². The maximum atomic E-state index is 11.9. The predicted molar refractivity (Wildman–Crippen MR) is 176 cm³/mol. The molecule has 5 aromatic rings. The molecule has 0 aliphatic carbocycles. The minimum atomic E-state index is -3.78. The van der Waals surface area contributed by atoms with Crippen molar-refractivity contribution in [3.8, 4) is 28.4 Å². The van der Waals surface area contributed by atoms with E-state index in [0.717, 1.165) is 70.0 Å². The van der Waals surface area contributed by atoms with Crippen LogP contribution >= 0.6 is 0 Å². The molecule has 7 nitrogen and oxygen atoms in total. The number of imidazole rings is 1. The summed E-state index contributed by atoms with van der Waals surface area (Å²) in [4.78, 5) is 7.71. The third-order valence-electron chi connectivity index (χ3n) is 7.88. The molecule has 44 heavy (non-hydrogen) atoms. The molecule has 0 aliphatic heterocycles. The Labute approximate surface area is 260 Å². The van der Waals surface area contributed by atoms with Crippen LogP contribution in [0.25, 0.3) is 22.6 Å². The number of hydrogen-bond donors (Lipinski definition) is 2. The number of aromatic hydroxyl groups is 1. The second-order valence-electron chi connectivity index (χ2n) is 11.4. The summed E-state index contributed by atoms with van der Waals surface area (Å²) >= 11 is 0. The zero-order valence-electron chi connectivity index (χ0n) is 25.6. The number of nitrogens with zero attached hydrogens (tertiary/aromatic N) is 3. The molecule has 0 spiro atoms. The standard InChI is InChI=1S/C36H40N4O3S/c1-4-5-20-40-33(34(30-12-8-6-9-13-30)38-36(40)31-14-10-7-11-15-31)25-39(24-29-21-26(2)35(41)27(3)22-29)23-28-16-18-32(19-17-28)44(37,42)43/h6-19,21-22,41H,4-5,20,23-25H2,1-3H3,(H2,37,42,43). The number of hydrogen-bond acceptors (Lipinski definition) is 5. The summed E-state index contributed by atoms with van der Waals surface area (Å²) in [5, 5.41) is 15.8. The van der Waals surface area contributed by atoms with Crippen LogP contribution in [0.2, 0.25) is 0 Å². The summed E-state index contributed by atoms with van der Waals surface area (Å²) in [5.41, 5.74) is 7.93. The molecule has 0 amide bonds. The zero-order chi connectivity index (χ0) is 31.3. The first-order valence-electron chi connectivity index (χ1n) is 15.0. The molecule has 228 valence electrons. The number of unbranched alkanes of at least 4 members (excludes halogenated alkanes) is 1. The van der Waals surface area contributed by atoms with Gasteiger partial charge >= 0.3 is 0 Å². The topological polar surface area (TPSA) is 101 Å². The number of phenols is 1. The largest absolute Gasteiger partial charge is 0.507 e. The fourth-order valence-corrected chi connectivity index (χ4v) is 6.17. The smallest absolute Gasteiger partial charge is 0.238 e. The summed E-state index contributed by atoms with van der Waals surface area (Å²) in [7, 11) is -3.78. The Balaban J connectivity index is 1.62. The molecule has 8 heteroatoms. The Kier molecular flexibility index (Phi) is 9.64. The minimum Gasteiger partial charge on any atom is -0.507 e. The van der Waals surface area contributed by atoms with Crippen LogP contribution < -0.4 is 5.14 Å². The van der Waals surface area contributed by atoms with Crippen molar-refractivity contribution in [2.45, 2.75) is 64.7 Å². The fourth-order valence-electron chi connectivity index (χ4n) is 5.66. The van der Waals surface area contributed by atoms with Gasteiger partial charge in [-0.3, -0.25) is 4.90 Å². The van der Waals surface area contributed by atoms with Crippen LogP contribution in [-0.4, -0.2) is 28.0 Å². The average Bonchev–Trinajstić information content (AvgIpc) is 3.37. The van der Waals surface area contributed by atoms with E-state index >= 15 is 0 Å². The molecule has 0 radical (unpaired) electrons. The van der Waals surface area contributed by atoms with E-state index in [1.165, 1.54) is 0 Å². The van der Waals surface area contributed by atoms with E-state index in [1.807, 2.05) is 74.5 Å². The molecule has 0 saturated heterocycles. The summed E-state index contributed by atoms with van der Waals surface area (Å²) in [5.74, 6) is 1.26. The van der Waals surface area contributed by atoms with Crippen LogP contribution in [0.4, 0.5) is 0 Å². The first kappa shape index (κ1) is 31.2. The summed E-state index contributed by atoms with van der Waals surface area (Å²) in [6.45, 7) is 8.66. The second kappa shape index (κ2) is 13.6. The van der Waals surface area contributed by atoms with E-state index in [4.69, 9.17) is 10.1 Å². The maximum Gasteiger partial charge on any atom is 0.238 e. The number of aryl methyl sites for hydroxylation is 2. The number of benzene rings is 4. The number of nitrogens with two attached hydrogens (primary N) is 1. The summed E-state index contributed by atoms with van der Waals surface area (Å²) in [6.07, 6.45) is 2.07. The average molecular weight is 609 g/mol. The van der Waals surface area contributed by atoms with Crippen molar-refractivity contribution in [3.05, 3.63) is 125 Å². The van der Waals surface area contributed by atoms with E-state index < -0.39 is 10.0 Å². The Bertz CT molecular complexity index is 1790. The van der Waals surface area contributed by atoms with Gasteiger partial charge in [-0.15, -0.1) is 0 Å². The Hall–Kier alpha value is -4.24. The van der Waals surface area contributed by atoms with Gasteiger partial charge in [0.2, 0.25) is 10.0 Å². The van der Waals surface area contributed by atoms with Crippen molar-refractivity contribution in [1.82, 2.24) is 14.5 Å². The SMILES string of the molecule is CCCCn1c(-c2ccccc2)nc(-c2ccccc2)c1CN(Cc1ccc(S(N)(=O)=O)cc1)Cc1cc(C)c(O)c(C)c1. The molecular weight excluding hydrogens is 568 g/mol. The van der Waals surface area contributed by atoms with E-state index in [1.54, 1.807) is 12.1 Å². The normalized spacial score (nSPS) is 11.8. The highest BCUT2D eigenvalue weighted by molar-refractivity contribution is 7.89. The monoisotopic (exact) mass is 608 g/mol. The van der Waals surface area contributed by atoms with Gasteiger partial charge in [0, 0.05) is 37.3 Å². The van der Waals surface area contributed by atoms with Gasteiger partial charge in [0.1, 0.15) is 11.6 Å². The van der Waals surface area contributed by atoms with Crippen molar-refractivity contribution in [1.29, 1.82) is 0 Å². The Morgan fingerprint density at radius 3 is 1.93 bits per heavy atom. The van der Waals surface area contributed by atoms with E-state index in [9.17, 15) is 13.5 Å². The van der Waals surface area contributed by atoms with Gasteiger partial charge in [0.05, 0.1) is 16.3 Å². The molecule has 0 unspecified atom stereocenters. The molecule has 3 N–H and O–H groups in total. The first-order chi connectivity index (χ1) is 21.1. The van der Waals surface area contributed by atoms with Crippen molar-refractivity contribution in [3.63, 3.8) is 0 Å². The van der Waals surface area contributed by atoms with Crippen LogP contribution in [0, 0.1) is 13.8 Å². The number of primary sulfonamides is 1. The van der Waals surface area contributed by atoms with Crippen LogP contribution in [-0.2, 0) is 36.2 Å². The van der Waals surface area contributed by atoms with Crippen molar-refractivity contribution in [2.75, 3.05) is 0 Å². The molecule has 0 atom stereocenters. The highest BCUT2D eigenvalue weighted by Crippen LogP contribution is 2.32. The third-order valence-corrected chi connectivity index (χ3v) is 8.80. The van der Waals surface area contributed by atoms with Crippen LogP contribution in [0.1, 0.15) is 47.7 Å². The number of aromatic nitrogens is 2. The number of rotatable bonds is 12. The van der Waals surface area contributed by atoms with Gasteiger partial charge in [0.25, 0.3) is 0 Å². The fraction of sp³-hybridized carbons (Fsp3) is 0.250. The summed E-state index contributed by atoms with van der Waals surface area (Å²) < 4.78 is 26.2.